The van der Waals surface area contributed by atoms with Crippen LogP contribution in [-0.2, 0) is 4.74 Å². The number of aromatic nitrogens is 2. The quantitative estimate of drug-likeness (QED) is 0.808. The Bertz CT molecular complexity index is 406. The van der Waals surface area contributed by atoms with E-state index in [2.05, 4.69) is 41.8 Å². The molecule has 1 N–H and O–H groups in total. The molecule has 1 aliphatic rings. The van der Waals surface area contributed by atoms with E-state index >= 15 is 0 Å². The van der Waals surface area contributed by atoms with Crippen LogP contribution in [0.25, 0.3) is 0 Å². The van der Waals surface area contributed by atoms with E-state index < -0.39 is 0 Å². The normalized spacial score (nSPS) is 26.7. The third kappa shape index (κ3) is 3.98. The van der Waals surface area contributed by atoms with Crippen LogP contribution in [0.15, 0.2) is 6.20 Å². The van der Waals surface area contributed by atoms with Gasteiger partial charge in [0, 0.05) is 32.5 Å². The summed E-state index contributed by atoms with van der Waals surface area (Å²) in [5, 5.41) is 3.47. The molecule has 20 heavy (non-hydrogen) atoms. The van der Waals surface area contributed by atoms with Gasteiger partial charge in [-0.15, -0.1) is 0 Å². The van der Waals surface area contributed by atoms with Crippen molar-refractivity contribution in [1.82, 2.24) is 9.55 Å². The van der Waals surface area contributed by atoms with E-state index in [1.165, 1.54) is 19.3 Å². The molecule has 1 aromatic rings. The van der Waals surface area contributed by atoms with Gasteiger partial charge in [0.25, 0.3) is 0 Å². The first-order valence-electron chi connectivity index (χ1n) is 7.88. The number of hydrogen-bond donors (Lipinski definition) is 1. The second-order valence-electron chi connectivity index (χ2n) is 6.46. The van der Waals surface area contributed by atoms with E-state index in [1.807, 2.05) is 0 Å². The predicted molar refractivity (Wildman–Crippen MR) is 83.2 cm³/mol. The lowest BCUT2D eigenvalue weighted by Crippen LogP contribution is -2.23. The molecule has 0 amide bonds. The van der Waals surface area contributed by atoms with Gasteiger partial charge in [0.05, 0.1) is 5.69 Å². The summed E-state index contributed by atoms with van der Waals surface area (Å²) >= 11 is 0. The topological polar surface area (TPSA) is 39.1 Å². The molecule has 0 aliphatic heterocycles. The largest absolute Gasteiger partial charge is 0.385 e. The molecule has 1 saturated carbocycles. The Kier molecular flexibility index (Phi) is 5.46. The smallest absolute Gasteiger partial charge is 0.203 e. The van der Waals surface area contributed by atoms with Crippen LogP contribution >= 0.6 is 0 Å². The lowest BCUT2D eigenvalue weighted by Gasteiger charge is -2.33. The van der Waals surface area contributed by atoms with Gasteiger partial charge in [-0.05, 0) is 44.4 Å². The second kappa shape index (κ2) is 7.11. The van der Waals surface area contributed by atoms with Crippen LogP contribution in [0.4, 0.5) is 5.95 Å². The van der Waals surface area contributed by atoms with Gasteiger partial charge in [0.1, 0.15) is 0 Å². The minimum Gasteiger partial charge on any atom is -0.385 e. The molecule has 1 aliphatic carbocycles. The number of rotatable bonds is 6. The van der Waals surface area contributed by atoms with Gasteiger partial charge in [-0.3, -0.25) is 0 Å². The average molecular weight is 279 g/mol. The molecule has 114 valence electrons. The van der Waals surface area contributed by atoms with Crippen molar-refractivity contribution in [1.29, 1.82) is 0 Å². The lowest BCUT2D eigenvalue weighted by molar-refractivity contribution is 0.197. The summed E-state index contributed by atoms with van der Waals surface area (Å²) in [6.07, 6.45) is 7.12. The Morgan fingerprint density at radius 2 is 2.00 bits per heavy atom. The predicted octanol–water partition coefficient (Wildman–Crippen LogP) is 3.64. The number of nitrogens with zero attached hydrogens (tertiary/aromatic N) is 2. The van der Waals surface area contributed by atoms with Gasteiger partial charge in [-0.25, -0.2) is 4.98 Å². The Morgan fingerprint density at radius 3 is 2.65 bits per heavy atom. The van der Waals surface area contributed by atoms with Crippen LogP contribution < -0.4 is 5.32 Å². The highest BCUT2D eigenvalue weighted by molar-refractivity contribution is 5.29. The number of methoxy groups -OCH3 is 1. The van der Waals surface area contributed by atoms with Crippen LogP contribution in [0.3, 0.4) is 0 Å². The zero-order valence-corrected chi connectivity index (χ0v) is 13.4. The molecular weight excluding hydrogens is 250 g/mol. The van der Waals surface area contributed by atoms with Crippen molar-refractivity contribution in [2.24, 2.45) is 11.8 Å². The summed E-state index contributed by atoms with van der Waals surface area (Å²) in [7, 11) is 1.75. The van der Waals surface area contributed by atoms with Crippen LogP contribution in [-0.4, -0.2) is 29.8 Å². The van der Waals surface area contributed by atoms with Gasteiger partial charge in [0.2, 0.25) is 5.95 Å². The molecule has 0 aromatic carbocycles. The Labute approximate surface area is 122 Å². The Balaban J connectivity index is 2.02. The molecule has 1 fully saturated rings. The van der Waals surface area contributed by atoms with Crippen molar-refractivity contribution >= 4 is 5.95 Å². The minimum absolute atomic E-state index is 0.597. The second-order valence-corrected chi connectivity index (χ2v) is 6.46. The molecule has 4 heteroatoms. The number of hydrogen-bond acceptors (Lipinski definition) is 3. The summed E-state index contributed by atoms with van der Waals surface area (Å²) < 4.78 is 7.46. The molecule has 4 nitrogen and oxygen atoms in total. The Hall–Kier alpha value is -1.03. The van der Waals surface area contributed by atoms with Crippen molar-refractivity contribution in [3.63, 3.8) is 0 Å². The van der Waals surface area contributed by atoms with Gasteiger partial charge in [-0.2, -0.15) is 0 Å². The highest BCUT2D eigenvalue weighted by Crippen LogP contribution is 2.37. The average Bonchev–Trinajstić information content (AvgIpc) is 2.75. The first kappa shape index (κ1) is 15.4. The number of imidazole rings is 1. The number of nitrogens with one attached hydrogen (secondary N) is 1. The number of anilines is 1. The maximum absolute atomic E-state index is 5.09. The van der Waals surface area contributed by atoms with Crippen molar-refractivity contribution in [2.75, 3.05) is 25.6 Å². The molecule has 0 spiro atoms. The van der Waals surface area contributed by atoms with Crippen LogP contribution in [0.2, 0.25) is 0 Å². The van der Waals surface area contributed by atoms with E-state index in [9.17, 15) is 0 Å². The number of ether oxygens (including phenoxy) is 1. The van der Waals surface area contributed by atoms with Crippen molar-refractivity contribution in [2.45, 2.75) is 52.5 Å². The maximum Gasteiger partial charge on any atom is 0.203 e. The lowest BCUT2D eigenvalue weighted by atomic mass is 9.80. The monoisotopic (exact) mass is 279 g/mol. The SMILES string of the molecule is COCCCNc1nc(C)cn1C1CC(C)CC(C)C1. The van der Waals surface area contributed by atoms with Crippen molar-refractivity contribution in [3.05, 3.63) is 11.9 Å². The zero-order valence-electron chi connectivity index (χ0n) is 13.4. The van der Waals surface area contributed by atoms with Gasteiger partial charge >= 0.3 is 0 Å². The van der Waals surface area contributed by atoms with E-state index in [-0.39, 0.29) is 0 Å². The van der Waals surface area contributed by atoms with Crippen LogP contribution in [0, 0.1) is 18.8 Å². The first-order chi connectivity index (χ1) is 9.60. The molecular formula is C16H29N3O. The van der Waals surface area contributed by atoms with E-state index in [1.54, 1.807) is 7.11 Å². The summed E-state index contributed by atoms with van der Waals surface area (Å²) in [5.41, 5.74) is 1.10. The summed E-state index contributed by atoms with van der Waals surface area (Å²) in [5.74, 6) is 2.66. The third-order valence-electron chi connectivity index (χ3n) is 4.21. The van der Waals surface area contributed by atoms with E-state index in [0.717, 1.165) is 43.1 Å². The van der Waals surface area contributed by atoms with Crippen molar-refractivity contribution in [3.8, 4) is 0 Å². The molecule has 2 unspecified atom stereocenters. The first-order valence-corrected chi connectivity index (χ1v) is 7.88. The fourth-order valence-corrected chi connectivity index (χ4v) is 3.47. The Morgan fingerprint density at radius 1 is 1.30 bits per heavy atom. The van der Waals surface area contributed by atoms with Crippen molar-refractivity contribution < 1.29 is 4.74 Å². The zero-order chi connectivity index (χ0) is 14.5. The third-order valence-corrected chi connectivity index (χ3v) is 4.21. The summed E-state index contributed by atoms with van der Waals surface area (Å²) in [6, 6.07) is 0.597. The van der Waals surface area contributed by atoms with E-state index in [0.29, 0.717) is 6.04 Å². The van der Waals surface area contributed by atoms with Crippen LogP contribution in [0.5, 0.6) is 0 Å². The maximum atomic E-state index is 5.09. The molecule has 1 aromatic heterocycles. The molecule has 0 radical (unpaired) electrons. The van der Waals surface area contributed by atoms with Gasteiger partial charge < -0.3 is 14.6 Å². The fourth-order valence-electron chi connectivity index (χ4n) is 3.47. The summed E-state index contributed by atoms with van der Waals surface area (Å²) in [6.45, 7) is 8.54. The molecule has 0 bridgehead atoms. The van der Waals surface area contributed by atoms with E-state index in [4.69, 9.17) is 4.74 Å². The van der Waals surface area contributed by atoms with Gasteiger partial charge in [0.15, 0.2) is 0 Å². The summed E-state index contributed by atoms with van der Waals surface area (Å²) in [4.78, 5) is 4.64. The van der Waals surface area contributed by atoms with Gasteiger partial charge in [-0.1, -0.05) is 13.8 Å². The highest BCUT2D eigenvalue weighted by Gasteiger charge is 2.26. The highest BCUT2D eigenvalue weighted by atomic mass is 16.5. The number of aryl methyl sites for hydroxylation is 1. The molecule has 2 rings (SSSR count). The van der Waals surface area contributed by atoms with Crippen LogP contribution in [0.1, 0.15) is 51.3 Å². The molecule has 0 saturated heterocycles. The standard InChI is InChI=1S/C16H29N3O/c1-12-8-13(2)10-15(9-12)19-11-14(3)18-16(19)17-6-5-7-20-4/h11-13,15H,5-10H2,1-4H3,(H,17,18). The molecule has 1 heterocycles. The minimum atomic E-state index is 0.597. The fraction of sp³-hybridized carbons (Fsp3) is 0.812. The molecule has 2 atom stereocenters.